The van der Waals surface area contributed by atoms with Gasteiger partial charge in [-0.05, 0) is 34.2 Å². The first-order valence-electron chi connectivity index (χ1n) is 10.1. The molecule has 144 valence electrons. The first kappa shape index (κ1) is 18.9. The normalized spacial score (nSPS) is 11.0. The van der Waals surface area contributed by atoms with E-state index in [4.69, 9.17) is 0 Å². The number of hydrogen-bond donors (Lipinski definition) is 0. The maximum absolute atomic E-state index is 13.9. The third kappa shape index (κ3) is 3.93. The Balaban J connectivity index is 2.08. The molecule has 4 rings (SSSR count). The van der Waals surface area contributed by atoms with Gasteiger partial charge in [0, 0.05) is 6.54 Å². The lowest BCUT2D eigenvalue weighted by Crippen LogP contribution is -2.26. The van der Waals surface area contributed by atoms with Gasteiger partial charge in [-0.15, -0.1) is 0 Å². The number of aromatic nitrogens is 1. The standard InChI is InChI=1S/C27H25NO/c1-20(2)19-28-25(22-14-8-4-9-15-22)18-24(21-12-6-3-7-13-21)26(27(28)29)23-16-10-5-11-17-23/h3-18,20H,19H2,1-2H3. The van der Waals surface area contributed by atoms with Crippen LogP contribution in [0.15, 0.2) is 102 Å². The Morgan fingerprint density at radius 3 is 1.69 bits per heavy atom. The number of hydrogen-bond acceptors (Lipinski definition) is 1. The fourth-order valence-electron chi connectivity index (χ4n) is 3.77. The fourth-order valence-corrected chi connectivity index (χ4v) is 3.77. The molecule has 0 amide bonds. The van der Waals surface area contributed by atoms with Crippen LogP contribution in [0, 0.1) is 5.92 Å². The molecule has 0 bridgehead atoms. The summed E-state index contributed by atoms with van der Waals surface area (Å²) in [5.74, 6) is 0.362. The molecule has 0 saturated carbocycles. The van der Waals surface area contributed by atoms with Crippen molar-refractivity contribution in [1.29, 1.82) is 0 Å². The van der Waals surface area contributed by atoms with Gasteiger partial charge in [0.25, 0.3) is 5.56 Å². The van der Waals surface area contributed by atoms with Crippen molar-refractivity contribution in [2.45, 2.75) is 20.4 Å². The van der Waals surface area contributed by atoms with Crippen LogP contribution in [0.5, 0.6) is 0 Å². The predicted octanol–water partition coefficient (Wildman–Crippen LogP) is 6.51. The molecule has 2 nitrogen and oxygen atoms in total. The van der Waals surface area contributed by atoms with Crippen molar-refractivity contribution in [3.8, 4) is 33.5 Å². The lowest BCUT2D eigenvalue weighted by atomic mass is 9.93. The van der Waals surface area contributed by atoms with Crippen molar-refractivity contribution in [2.24, 2.45) is 5.92 Å². The minimum absolute atomic E-state index is 0.0603. The van der Waals surface area contributed by atoms with E-state index in [9.17, 15) is 4.79 Å². The smallest absolute Gasteiger partial charge is 0.259 e. The van der Waals surface area contributed by atoms with Gasteiger partial charge in [-0.2, -0.15) is 0 Å². The van der Waals surface area contributed by atoms with Crippen molar-refractivity contribution >= 4 is 0 Å². The van der Waals surface area contributed by atoms with E-state index in [1.807, 2.05) is 71.3 Å². The SMILES string of the molecule is CC(C)Cn1c(-c2ccccc2)cc(-c2ccccc2)c(-c2ccccc2)c1=O. The molecule has 0 saturated heterocycles. The van der Waals surface area contributed by atoms with E-state index in [0.717, 1.165) is 33.5 Å². The number of nitrogens with zero attached hydrogens (tertiary/aromatic N) is 1. The van der Waals surface area contributed by atoms with Crippen LogP contribution in [0.25, 0.3) is 33.5 Å². The van der Waals surface area contributed by atoms with E-state index in [0.29, 0.717) is 12.5 Å². The van der Waals surface area contributed by atoms with E-state index >= 15 is 0 Å². The highest BCUT2D eigenvalue weighted by Crippen LogP contribution is 2.33. The summed E-state index contributed by atoms with van der Waals surface area (Å²) in [6.45, 7) is 4.97. The molecule has 1 aromatic heterocycles. The molecule has 2 heteroatoms. The van der Waals surface area contributed by atoms with Gasteiger partial charge < -0.3 is 4.57 Å². The van der Waals surface area contributed by atoms with Crippen LogP contribution in [0.4, 0.5) is 0 Å². The van der Waals surface area contributed by atoms with E-state index < -0.39 is 0 Å². The first-order chi connectivity index (χ1) is 14.1. The third-order valence-corrected chi connectivity index (χ3v) is 5.06. The minimum atomic E-state index is 0.0603. The van der Waals surface area contributed by atoms with Crippen molar-refractivity contribution in [1.82, 2.24) is 4.57 Å². The summed E-state index contributed by atoms with van der Waals surface area (Å²) in [6.07, 6.45) is 0. The van der Waals surface area contributed by atoms with E-state index in [1.54, 1.807) is 0 Å². The van der Waals surface area contributed by atoms with Gasteiger partial charge in [-0.3, -0.25) is 4.79 Å². The van der Waals surface area contributed by atoms with Crippen LogP contribution in [-0.4, -0.2) is 4.57 Å². The summed E-state index contributed by atoms with van der Waals surface area (Å²) in [4.78, 5) is 13.9. The summed E-state index contributed by atoms with van der Waals surface area (Å²) in [5.41, 5.74) is 5.82. The number of pyridine rings is 1. The topological polar surface area (TPSA) is 22.0 Å². The molecule has 0 radical (unpaired) electrons. The number of benzene rings is 3. The van der Waals surface area contributed by atoms with Crippen LogP contribution in [0.1, 0.15) is 13.8 Å². The zero-order valence-electron chi connectivity index (χ0n) is 16.9. The molecule has 29 heavy (non-hydrogen) atoms. The van der Waals surface area contributed by atoms with Crippen molar-refractivity contribution in [3.05, 3.63) is 107 Å². The highest BCUT2D eigenvalue weighted by Gasteiger charge is 2.19. The average Bonchev–Trinajstić information content (AvgIpc) is 2.76. The second kappa shape index (κ2) is 8.32. The molecule has 1 heterocycles. The van der Waals surface area contributed by atoms with Crippen LogP contribution >= 0.6 is 0 Å². The van der Waals surface area contributed by atoms with E-state index in [-0.39, 0.29) is 5.56 Å². The average molecular weight is 380 g/mol. The van der Waals surface area contributed by atoms with Gasteiger partial charge in [0.2, 0.25) is 0 Å². The lowest BCUT2D eigenvalue weighted by molar-refractivity contribution is 0.516. The number of rotatable bonds is 5. The quantitative estimate of drug-likeness (QED) is 0.388. The van der Waals surface area contributed by atoms with Gasteiger partial charge in [-0.25, -0.2) is 0 Å². The molecule has 4 aromatic rings. The zero-order valence-corrected chi connectivity index (χ0v) is 16.9. The molecule has 0 aliphatic rings. The van der Waals surface area contributed by atoms with Gasteiger partial charge in [-0.1, -0.05) is 105 Å². The summed E-state index contributed by atoms with van der Waals surface area (Å²) < 4.78 is 1.94. The Bertz CT molecular complexity index is 1140. The summed E-state index contributed by atoms with van der Waals surface area (Å²) >= 11 is 0. The second-order valence-corrected chi connectivity index (χ2v) is 7.73. The largest absolute Gasteiger partial charge is 0.307 e. The molecule has 0 atom stereocenters. The molecule has 0 aliphatic carbocycles. The molecule has 0 aliphatic heterocycles. The highest BCUT2D eigenvalue weighted by atomic mass is 16.1. The predicted molar refractivity (Wildman–Crippen MR) is 122 cm³/mol. The lowest BCUT2D eigenvalue weighted by Gasteiger charge is -2.20. The molecule has 0 unspecified atom stereocenters. The minimum Gasteiger partial charge on any atom is -0.307 e. The first-order valence-corrected chi connectivity index (χ1v) is 10.1. The molecular formula is C27H25NO. The van der Waals surface area contributed by atoms with Crippen LogP contribution < -0.4 is 5.56 Å². The Hall–Kier alpha value is -3.39. The summed E-state index contributed by atoms with van der Waals surface area (Å²) in [7, 11) is 0. The Morgan fingerprint density at radius 2 is 1.17 bits per heavy atom. The van der Waals surface area contributed by atoms with Crippen LogP contribution in [0.2, 0.25) is 0 Å². The molecule has 0 fully saturated rings. The van der Waals surface area contributed by atoms with E-state index in [2.05, 4.69) is 44.2 Å². The molecule has 0 spiro atoms. The van der Waals surface area contributed by atoms with Gasteiger partial charge >= 0.3 is 0 Å². The third-order valence-electron chi connectivity index (χ3n) is 5.06. The van der Waals surface area contributed by atoms with E-state index in [1.165, 1.54) is 0 Å². The monoisotopic (exact) mass is 379 g/mol. The zero-order chi connectivity index (χ0) is 20.2. The van der Waals surface area contributed by atoms with Gasteiger partial charge in [0.05, 0.1) is 11.3 Å². The molecule has 0 N–H and O–H groups in total. The van der Waals surface area contributed by atoms with Crippen LogP contribution in [0.3, 0.4) is 0 Å². The Kier molecular flexibility index (Phi) is 5.44. The maximum Gasteiger partial charge on any atom is 0.259 e. The maximum atomic E-state index is 13.9. The highest BCUT2D eigenvalue weighted by molar-refractivity contribution is 5.85. The van der Waals surface area contributed by atoms with Gasteiger partial charge in [0.1, 0.15) is 0 Å². The molecule has 3 aromatic carbocycles. The second-order valence-electron chi connectivity index (χ2n) is 7.73. The van der Waals surface area contributed by atoms with Crippen molar-refractivity contribution in [2.75, 3.05) is 0 Å². The van der Waals surface area contributed by atoms with Gasteiger partial charge in [0.15, 0.2) is 0 Å². The van der Waals surface area contributed by atoms with Crippen LogP contribution in [-0.2, 0) is 6.54 Å². The molecular weight excluding hydrogens is 354 g/mol. The fraction of sp³-hybridized carbons (Fsp3) is 0.148. The van der Waals surface area contributed by atoms with Crippen molar-refractivity contribution < 1.29 is 0 Å². The van der Waals surface area contributed by atoms with Crippen molar-refractivity contribution in [3.63, 3.8) is 0 Å². The summed E-state index contributed by atoms with van der Waals surface area (Å²) in [6, 6.07) is 32.6. The summed E-state index contributed by atoms with van der Waals surface area (Å²) in [5, 5.41) is 0. The Labute approximate surface area is 172 Å². The Morgan fingerprint density at radius 1 is 0.690 bits per heavy atom.